The van der Waals surface area contributed by atoms with Crippen molar-refractivity contribution in [3.05, 3.63) is 66.6 Å². The number of aromatic nitrogens is 5. The SMILES string of the molecule is N[C@H]1CC[C@H](Nc2cc(Nc3ccccn3)c3ncc(C(=O)Nc4ccnc(F)c4)n3n2)CC1. The van der Waals surface area contributed by atoms with E-state index in [1.54, 1.807) is 6.20 Å². The molecule has 34 heavy (non-hydrogen) atoms. The summed E-state index contributed by atoms with van der Waals surface area (Å²) in [6.07, 6.45) is 8.17. The Hall–Kier alpha value is -4.12. The van der Waals surface area contributed by atoms with Gasteiger partial charge in [0.05, 0.1) is 11.9 Å². The number of rotatable bonds is 6. The summed E-state index contributed by atoms with van der Waals surface area (Å²) in [5.41, 5.74) is 7.61. The van der Waals surface area contributed by atoms with E-state index in [0.717, 1.165) is 31.7 Å². The van der Waals surface area contributed by atoms with E-state index in [-0.39, 0.29) is 23.5 Å². The molecule has 0 spiro atoms. The van der Waals surface area contributed by atoms with E-state index in [4.69, 9.17) is 5.73 Å². The number of hydrogen-bond acceptors (Lipinski definition) is 8. The van der Waals surface area contributed by atoms with Gasteiger partial charge in [0.25, 0.3) is 5.91 Å². The van der Waals surface area contributed by atoms with Crippen LogP contribution in [-0.2, 0) is 0 Å². The molecule has 0 aliphatic heterocycles. The van der Waals surface area contributed by atoms with Gasteiger partial charge in [-0.15, -0.1) is 5.10 Å². The number of carbonyl (C=O) groups excluding carboxylic acids is 1. The minimum atomic E-state index is -0.686. The van der Waals surface area contributed by atoms with Gasteiger partial charge in [0.2, 0.25) is 5.95 Å². The minimum absolute atomic E-state index is 0.200. The van der Waals surface area contributed by atoms with Crippen LogP contribution in [0.15, 0.2) is 55.0 Å². The minimum Gasteiger partial charge on any atom is -0.366 e. The third-order valence-corrected chi connectivity index (χ3v) is 5.74. The summed E-state index contributed by atoms with van der Waals surface area (Å²) in [6.45, 7) is 0. The van der Waals surface area contributed by atoms with Gasteiger partial charge in [0.15, 0.2) is 11.3 Å². The lowest BCUT2D eigenvalue weighted by molar-refractivity contribution is 0.102. The number of imidazole rings is 1. The Morgan fingerprint density at radius 2 is 1.88 bits per heavy atom. The van der Waals surface area contributed by atoms with Gasteiger partial charge in [-0.2, -0.15) is 4.39 Å². The Bertz CT molecular complexity index is 1300. The third-order valence-electron chi connectivity index (χ3n) is 5.74. The lowest BCUT2D eigenvalue weighted by Crippen LogP contribution is -2.33. The van der Waals surface area contributed by atoms with E-state index in [1.807, 2.05) is 24.3 Å². The summed E-state index contributed by atoms with van der Waals surface area (Å²) < 4.78 is 14.9. The summed E-state index contributed by atoms with van der Waals surface area (Å²) in [5, 5.41) is 14.0. The molecule has 5 N–H and O–H groups in total. The first-order valence-corrected chi connectivity index (χ1v) is 11.1. The van der Waals surface area contributed by atoms with Crippen molar-refractivity contribution in [3.8, 4) is 0 Å². The Balaban J connectivity index is 1.49. The first-order valence-electron chi connectivity index (χ1n) is 11.1. The zero-order chi connectivity index (χ0) is 23.5. The van der Waals surface area contributed by atoms with Crippen LogP contribution < -0.4 is 21.7 Å². The van der Waals surface area contributed by atoms with Gasteiger partial charge in [0, 0.05) is 42.3 Å². The second-order valence-corrected chi connectivity index (χ2v) is 8.24. The molecule has 1 aliphatic carbocycles. The van der Waals surface area contributed by atoms with Gasteiger partial charge in [-0.3, -0.25) is 4.79 Å². The Morgan fingerprint density at radius 3 is 2.65 bits per heavy atom. The molecule has 4 aromatic rings. The normalized spacial score (nSPS) is 17.9. The average molecular weight is 462 g/mol. The molecule has 0 atom stereocenters. The third kappa shape index (κ3) is 4.79. The van der Waals surface area contributed by atoms with Crippen LogP contribution in [0.4, 0.5) is 27.4 Å². The molecule has 11 heteroatoms. The van der Waals surface area contributed by atoms with Crippen molar-refractivity contribution >= 4 is 34.6 Å². The zero-order valence-electron chi connectivity index (χ0n) is 18.3. The molecule has 0 unspecified atom stereocenters. The van der Waals surface area contributed by atoms with Crippen LogP contribution in [0.3, 0.4) is 0 Å². The van der Waals surface area contributed by atoms with E-state index in [9.17, 15) is 9.18 Å². The van der Waals surface area contributed by atoms with Crippen LogP contribution in [0.2, 0.25) is 0 Å². The number of nitrogens with one attached hydrogen (secondary N) is 3. The number of anilines is 4. The van der Waals surface area contributed by atoms with Gasteiger partial charge in [-0.25, -0.2) is 19.5 Å². The molecule has 0 saturated heterocycles. The Kier molecular flexibility index (Phi) is 6.00. The molecule has 10 nitrogen and oxygen atoms in total. The first kappa shape index (κ1) is 21.7. The molecule has 1 fully saturated rings. The molecule has 5 rings (SSSR count). The first-order chi connectivity index (χ1) is 16.5. The number of fused-ring (bicyclic) bond motifs is 1. The van der Waals surface area contributed by atoms with Crippen LogP contribution in [0.25, 0.3) is 5.65 Å². The number of nitrogens with two attached hydrogens (primary N) is 1. The van der Waals surface area contributed by atoms with E-state index in [1.165, 1.54) is 23.0 Å². The number of hydrogen-bond donors (Lipinski definition) is 4. The smallest absolute Gasteiger partial charge is 0.276 e. The largest absolute Gasteiger partial charge is 0.366 e. The highest BCUT2D eigenvalue weighted by molar-refractivity contribution is 6.03. The monoisotopic (exact) mass is 461 g/mol. The molecule has 1 aliphatic rings. The van der Waals surface area contributed by atoms with Crippen LogP contribution in [0.5, 0.6) is 0 Å². The van der Waals surface area contributed by atoms with Crippen molar-refractivity contribution in [3.63, 3.8) is 0 Å². The van der Waals surface area contributed by atoms with Crippen molar-refractivity contribution in [1.82, 2.24) is 24.6 Å². The highest BCUT2D eigenvalue weighted by Gasteiger charge is 2.21. The van der Waals surface area contributed by atoms with Crippen molar-refractivity contribution in [2.45, 2.75) is 37.8 Å². The quantitative estimate of drug-likeness (QED) is 0.321. The standard InChI is InChI=1S/C23H24FN9O/c24-19-11-16(8-10-26-19)30-23(34)18-13-28-22-17(31-20-3-1-2-9-27-20)12-21(32-33(18)22)29-15-6-4-14(25)5-7-15/h1-3,8-15H,4-7,25H2,(H,27,31)(H,29,32)(H,26,30,34)/t14-,15-. The lowest BCUT2D eigenvalue weighted by atomic mass is 9.92. The number of carbonyl (C=O) groups is 1. The van der Waals surface area contributed by atoms with E-state index in [0.29, 0.717) is 23.0 Å². The van der Waals surface area contributed by atoms with Crippen molar-refractivity contribution in [2.24, 2.45) is 5.73 Å². The van der Waals surface area contributed by atoms with Gasteiger partial charge in [-0.05, 0) is 43.9 Å². The summed E-state index contributed by atoms with van der Waals surface area (Å²) in [6, 6.07) is 10.5. The molecular weight excluding hydrogens is 437 g/mol. The van der Waals surface area contributed by atoms with Crippen molar-refractivity contribution in [2.75, 3.05) is 16.0 Å². The molecule has 174 valence electrons. The van der Waals surface area contributed by atoms with Gasteiger partial charge >= 0.3 is 0 Å². The summed E-state index contributed by atoms with van der Waals surface area (Å²) in [7, 11) is 0. The van der Waals surface area contributed by atoms with E-state index < -0.39 is 11.9 Å². The maximum atomic E-state index is 13.5. The Labute approximate surface area is 194 Å². The lowest BCUT2D eigenvalue weighted by Gasteiger charge is -2.27. The maximum Gasteiger partial charge on any atom is 0.276 e. The summed E-state index contributed by atoms with van der Waals surface area (Å²) in [4.78, 5) is 25.2. The van der Waals surface area contributed by atoms with Crippen LogP contribution in [-0.4, -0.2) is 42.6 Å². The molecule has 1 amide bonds. The van der Waals surface area contributed by atoms with Crippen LogP contribution >= 0.6 is 0 Å². The number of pyridine rings is 2. The molecule has 0 bridgehead atoms. The predicted molar refractivity (Wildman–Crippen MR) is 127 cm³/mol. The average Bonchev–Trinajstić information content (AvgIpc) is 3.26. The highest BCUT2D eigenvalue weighted by Crippen LogP contribution is 2.26. The molecule has 4 heterocycles. The second kappa shape index (κ2) is 9.40. The van der Waals surface area contributed by atoms with Gasteiger partial charge in [0.1, 0.15) is 11.6 Å². The zero-order valence-corrected chi connectivity index (χ0v) is 18.3. The fraction of sp³-hybridized carbons (Fsp3) is 0.261. The number of halogens is 1. The fourth-order valence-corrected chi connectivity index (χ4v) is 4.01. The summed E-state index contributed by atoms with van der Waals surface area (Å²) in [5.74, 6) is 0.0598. The maximum absolute atomic E-state index is 13.5. The number of amides is 1. The molecule has 4 aromatic heterocycles. The Morgan fingerprint density at radius 1 is 1.03 bits per heavy atom. The van der Waals surface area contributed by atoms with E-state index >= 15 is 0 Å². The van der Waals surface area contributed by atoms with Gasteiger partial charge in [-0.1, -0.05) is 6.07 Å². The molecule has 1 saturated carbocycles. The molecule has 0 aromatic carbocycles. The summed E-state index contributed by atoms with van der Waals surface area (Å²) >= 11 is 0. The van der Waals surface area contributed by atoms with Crippen molar-refractivity contribution < 1.29 is 9.18 Å². The topological polar surface area (TPSA) is 135 Å². The van der Waals surface area contributed by atoms with Crippen molar-refractivity contribution in [1.29, 1.82) is 0 Å². The highest BCUT2D eigenvalue weighted by atomic mass is 19.1. The second-order valence-electron chi connectivity index (χ2n) is 8.24. The van der Waals surface area contributed by atoms with Gasteiger partial charge < -0.3 is 21.7 Å². The number of nitrogens with zero attached hydrogens (tertiary/aromatic N) is 5. The van der Waals surface area contributed by atoms with Crippen LogP contribution in [0, 0.1) is 5.95 Å². The molecule has 0 radical (unpaired) electrons. The predicted octanol–water partition coefficient (Wildman–Crippen LogP) is 3.34. The van der Waals surface area contributed by atoms with Crippen LogP contribution in [0.1, 0.15) is 36.2 Å². The fourth-order valence-electron chi connectivity index (χ4n) is 4.01. The van der Waals surface area contributed by atoms with E-state index in [2.05, 4.69) is 36.0 Å². The molecular formula is C23H24FN9O.